The molecule has 0 aliphatic carbocycles. The predicted molar refractivity (Wildman–Crippen MR) is 294 cm³/mol. The number of piperazine rings is 4. The Balaban J connectivity index is 0.000000174. The van der Waals surface area contributed by atoms with E-state index < -0.39 is 0 Å². The number of nitrogens with one attached hydrogen (secondary N) is 1. The number of hydrogen-bond acceptors (Lipinski definition) is 15. The number of rotatable bonds is 13. The highest BCUT2D eigenvalue weighted by Crippen LogP contribution is 2.24. The molecule has 4 saturated heterocycles. The summed E-state index contributed by atoms with van der Waals surface area (Å²) in [5, 5.41) is 26.8. The van der Waals surface area contributed by atoms with Crippen LogP contribution in [-0.4, -0.2) is 153 Å². The number of nitrogen functional groups attached to an aromatic ring is 1. The number of aliphatic imine (C=N–C) groups is 1. The van der Waals surface area contributed by atoms with Crippen LogP contribution in [0.2, 0.25) is 0 Å². The third-order valence-electron chi connectivity index (χ3n) is 14.2. The number of isothiocyanates is 1. The van der Waals surface area contributed by atoms with E-state index >= 15 is 0 Å². The molecule has 0 bridgehead atoms. The van der Waals surface area contributed by atoms with Gasteiger partial charge in [0.05, 0.1) is 20.7 Å². The van der Waals surface area contributed by atoms with Crippen molar-refractivity contribution in [2.75, 3.05) is 130 Å². The molecular formula is C53H78N12O4S. The van der Waals surface area contributed by atoms with Crippen molar-refractivity contribution in [3.05, 3.63) is 117 Å². The third-order valence-corrected chi connectivity index (χ3v) is 14.3. The monoisotopic (exact) mass is 979 g/mol. The summed E-state index contributed by atoms with van der Waals surface area (Å²) in [6.45, 7) is 30.6. The van der Waals surface area contributed by atoms with Crippen molar-refractivity contribution < 1.29 is 9.85 Å². The number of nitrogens with two attached hydrogens (primary N) is 1. The number of benzene rings is 4. The van der Waals surface area contributed by atoms with Gasteiger partial charge >= 0.3 is 0 Å². The molecule has 3 atom stereocenters. The molecule has 0 aromatic heterocycles. The Kier molecular flexibility index (Phi) is 22.8. The first-order chi connectivity index (χ1) is 33.8. The summed E-state index contributed by atoms with van der Waals surface area (Å²) in [7, 11) is 0. The van der Waals surface area contributed by atoms with Crippen molar-refractivity contribution >= 4 is 62.9 Å². The molecule has 3 unspecified atom stereocenters. The Morgan fingerprint density at radius 1 is 0.514 bits per heavy atom. The first-order valence-corrected chi connectivity index (χ1v) is 25.7. The van der Waals surface area contributed by atoms with Crippen LogP contribution >= 0.6 is 12.2 Å². The summed E-state index contributed by atoms with van der Waals surface area (Å²) < 4.78 is 0. The molecule has 0 saturated carbocycles. The smallest absolute Gasteiger partial charge is 0.269 e. The topological polar surface area (TPSA) is 159 Å². The van der Waals surface area contributed by atoms with Gasteiger partial charge in [-0.2, -0.15) is 4.99 Å². The van der Waals surface area contributed by atoms with Gasteiger partial charge in [0.25, 0.3) is 11.4 Å². The van der Waals surface area contributed by atoms with Crippen molar-refractivity contribution in [3.8, 4) is 0 Å². The Labute approximate surface area is 422 Å². The molecule has 4 aliphatic heterocycles. The van der Waals surface area contributed by atoms with Gasteiger partial charge in [-0.25, -0.2) is 0 Å². The number of nitrogens with zero attached hydrogens (tertiary/aromatic N) is 10. The Morgan fingerprint density at radius 3 is 1.09 bits per heavy atom. The van der Waals surface area contributed by atoms with Gasteiger partial charge in [0, 0.05) is 176 Å². The summed E-state index contributed by atoms with van der Waals surface area (Å²) in [6.07, 6.45) is 3.64. The van der Waals surface area contributed by atoms with E-state index in [2.05, 4.69) is 128 Å². The van der Waals surface area contributed by atoms with E-state index in [9.17, 15) is 20.2 Å². The van der Waals surface area contributed by atoms with E-state index in [1.165, 1.54) is 43.7 Å². The number of nitro groups is 2. The van der Waals surface area contributed by atoms with E-state index in [1.54, 1.807) is 24.3 Å². The van der Waals surface area contributed by atoms with Gasteiger partial charge < -0.3 is 30.7 Å². The summed E-state index contributed by atoms with van der Waals surface area (Å²) in [4.78, 5) is 41.4. The van der Waals surface area contributed by atoms with Crippen LogP contribution in [0.5, 0.6) is 0 Å². The Morgan fingerprint density at radius 2 is 0.800 bits per heavy atom. The van der Waals surface area contributed by atoms with Crippen LogP contribution in [0.15, 0.2) is 102 Å². The molecule has 8 rings (SSSR count). The third kappa shape index (κ3) is 17.0. The zero-order valence-electron chi connectivity index (χ0n) is 42.5. The van der Waals surface area contributed by atoms with Gasteiger partial charge in [-0.3, -0.25) is 34.9 Å². The quantitative estimate of drug-likeness (QED) is 0.0430. The molecule has 3 N–H and O–H groups in total. The molecule has 0 amide bonds. The lowest BCUT2D eigenvalue weighted by Gasteiger charge is -2.39. The Hall–Kier alpha value is -5.68. The first kappa shape index (κ1) is 55.2. The van der Waals surface area contributed by atoms with Gasteiger partial charge in [-0.1, -0.05) is 20.8 Å². The minimum atomic E-state index is -0.373. The standard InChI is InChI=1S/C15H21N3S.C14H21N3O2.C14H23N3.C10H13N3O2/c1-3-13(2)17-8-10-18(11-9-17)15-6-4-14(5-7-15)16-12-19;1-3-12(2)15-8-10-16(11-9-15)13-4-6-14(7-5-13)17(18)19;1-3-12(2)16-8-10-17(11-9-16)14-6-4-13(15)5-7-14;14-13(15)10-3-1-9(2-4-10)12-7-5-11-6-8-12/h4-7,13H,3,8-11H2,1-2H3;4-7,12H,3,8-11H2,1-2H3;4-7,12H,3,8-11,15H2,1-2H3;1-4,11H,5-8H2. The minimum absolute atomic E-state index is 0.147. The molecule has 0 spiro atoms. The lowest BCUT2D eigenvalue weighted by atomic mass is 10.1. The fourth-order valence-electron chi connectivity index (χ4n) is 9.01. The van der Waals surface area contributed by atoms with Gasteiger partial charge in [-0.15, -0.1) is 0 Å². The maximum atomic E-state index is 10.6. The first-order valence-electron chi connectivity index (χ1n) is 25.3. The van der Waals surface area contributed by atoms with Crippen LogP contribution in [0.25, 0.3) is 0 Å². The summed E-state index contributed by atoms with van der Waals surface area (Å²) in [5.41, 5.74) is 12.4. The highest BCUT2D eigenvalue weighted by Gasteiger charge is 2.23. The molecule has 380 valence electrons. The summed E-state index contributed by atoms with van der Waals surface area (Å²) >= 11 is 4.61. The minimum Gasteiger partial charge on any atom is -0.399 e. The van der Waals surface area contributed by atoms with E-state index in [0.29, 0.717) is 18.1 Å². The number of thiocarbonyl (C=S) groups is 1. The normalized spacial score (nSPS) is 18.0. The maximum Gasteiger partial charge on any atom is 0.269 e. The van der Waals surface area contributed by atoms with E-state index in [1.807, 2.05) is 48.5 Å². The number of anilines is 5. The average molecular weight is 979 g/mol. The molecule has 16 nitrogen and oxygen atoms in total. The maximum absolute atomic E-state index is 10.6. The molecule has 4 aromatic rings. The highest BCUT2D eigenvalue weighted by atomic mass is 32.1. The van der Waals surface area contributed by atoms with Gasteiger partial charge in [0.15, 0.2) is 0 Å². The number of hydrogen-bond donors (Lipinski definition) is 2. The zero-order chi connectivity index (χ0) is 50.4. The fourth-order valence-corrected chi connectivity index (χ4v) is 9.11. The van der Waals surface area contributed by atoms with Gasteiger partial charge in [-0.05, 0) is 125 Å². The molecular weight excluding hydrogens is 901 g/mol. The lowest BCUT2D eigenvalue weighted by Crippen LogP contribution is -2.49. The summed E-state index contributed by atoms with van der Waals surface area (Å²) in [6, 6.07) is 32.0. The van der Waals surface area contributed by atoms with Crippen molar-refractivity contribution in [2.45, 2.75) is 78.9 Å². The van der Waals surface area contributed by atoms with Gasteiger partial charge in [0.2, 0.25) is 0 Å². The molecule has 70 heavy (non-hydrogen) atoms. The second-order valence-electron chi connectivity index (χ2n) is 18.4. The SMILES string of the molecule is CCC(C)N1CCN(c2ccc(N)cc2)CC1.CCC(C)N1CCN(c2ccc(N=C=S)cc2)CC1.CCC(C)N1CCN(c2ccc([N+](=O)[O-])cc2)CC1.O=[N+]([O-])c1ccc(N2CCNCC2)cc1. The fraction of sp³-hybridized carbons (Fsp3) is 0.528. The van der Waals surface area contributed by atoms with Crippen molar-refractivity contribution in [2.24, 2.45) is 4.99 Å². The summed E-state index contributed by atoms with van der Waals surface area (Å²) in [5.74, 6) is 0. The number of nitro benzene ring substituents is 2. The van der Waals surface area contributed by atoms with Crippen molar-refractivity contribution in [1.29, 1.82) is 0 Å². The molecule has 4 fully saturated rings. The van der Waals surface area contributed by atoms with Gasteiger partial charge in [0.1, 0.15) is 0 Å². The Bertz CT molecular complexity index is 2110. The highest BCUT2D eigenvalue weighted by molar-refractivity contribution is 7.78. The van der Waals surface area contributed by atoms with Crippen LogP contribution in [0.1, 0.15) is 60.8 Å². The van der Waals surface area contributed by atoms with Crippen LogP contribution in [0, 0.1) is 20.2 Å². The largest absolute Gasteiger partial charge is 0.399 e. The predicted octanol–water partition coefficient (Wildman–Crippen LogP) is 9.05. The average Bonchev–Trinajstić information content (AvgIpc) is 3.41. The molecule has 4 aliphatic rings. The molecule has 4 heterocycles. The van der Waals surface area contributed by atoms with E-state index in [4.69, 9.17) is 5.73 Å². The van der Waals surface area contributed by atoms with E-state index in [0.717, 1.165) is 114 Å². The van der Waals surface area contributed by atoms with Crippen LogP contribution in [0.3, 0.4) is 0 Å². The van der Waals surface area contributed by atoms with Crippen LogP contribution in [0.4, 0.5) is 45.5 Å². The van der Waals surface area contributed by atoms with Crippen molar-refractivity contribution in [3.63, 3.8) is 0 Å². The molecule has 0 radical (unpaired) electrons. The molecule has 4 aromatic carbocycles. The second-order valence-corrected chi connectivity index (χ2v) is 18.6. The second kappa shape index (κ2) is 28.9. The van der Waals surface area contributed by atoms with E-state index in [-0.39, 0.29) is 21.2 Å². The zero-order valence-corrected chi connectivity index (χ0v) is 43.3. The lowest BCUT2D eigenvalue weighted by molar-refractivity contribution is -0.385. The number of non-ortho nitro benzene ring substituents is 2. The van der Waals surface area contributed by atoms with Crippen molar-refractivity contribution in [1.82, 2.24) is 20.0 Å². The van der Waals surface area contributed by atoms with Crippen LogP contribution < -0.4 is 30.7 Å². The molecule has 17 heteroatoms. The van der Waals surface area contributed by atoms with Crippen LogP contribution in [-0.2, 0) is 0 Å².